The number of carbonyl (C=O) groups is 1. The van der Waals surface area contributed by atoms with Crippen LogP contribution < -0.4 is 0 Å². The summed E-state index contributed by atoms with van der Waals surface area (Å²) >= 11 is 6.69. The second-order valence-corrected chi connectivity index (χ2v) is 11.4. The molecule has 0 radical (unpaired) electrons. The topological polar surface area (TPSA) is 79.2 Å². The molecule has 0 amide bonds. The van der Waals surface area contributed by atoms with Crippen molar-refractivity contribution in [2.75, 3.05) is 39.5 Å². The number of benzene rings is 1. The van der Waals surface area contributed by atoms with Gasteiger partial charge in [-0.2, -0.15) is 0 Å². The van der Waals surface area contributed by atoms with Crippen LogP contribution in [0.4, 0.5) is 0 Å². The van der Waals surface area contributed by atoms with Crippen molar-refractivity contribution in [3.8, 4) is 0 Å². The molecule has 1 aromatic rings. The Morgan fingerprint density at radius 2 is 1.84 bits per heavy atom. The van der Waals surface area contributed by atoms with Gasteiger partial charge < -0.3 is 19.7 Å². The Kier molecular flexibility index (Phi) is 13.7. The molecule has 0 aromatic heterocycles. The lowest BCUT2D eigenvalue weighted by Gasteiger charge is -2.26. The van der Waals surface area contributed by atoms with Crippen LogP contribution in [0.25, 0.3) is 0 Å². The molecule has 3 rings (SSSR count). The number of morpholine rings is 1. The van der Waals surface area contributed by atoms with Gasteiger partial charge >= 0.3 is 5.97 Å². The second kappa shape index (κ2) is 16.7. The second-order valence-electron chi connectivity index (χ2n) is 10.8. The molecule has 1 heterocycles. The molecule has 0 spiro atoms. The number of esters is 1. The molecule has 1 aromatic carbocycles. The number of aliphatic hydroxyl groups is 2. The van der Waals surface area contributed by atoms with Crippen molar-refractivity contribution in [3.05, 3.63) is 35.4 Å². The Labute approximate surface area is 228 Å². The van der Waals surface area contributed by atoms with Gasteiger partial charge in [0.25, 0.3) is 0 Å². The van der Waals surface area contributed by atoms with E-state index in [1.54, 1.807) is 0 Å². The smallest absolute Gasteiger partial charge is 0.305 e. The summed E-state index contributed by atoms with van der Waals surface area (Å²) in [7, 11) is 0. The number of hydrogen-bond donors (Lipinski definition) is 2. The van der Waals surface area contributed by atoms with Gasteiger partial charge in [-0.05, 0) is 42.7 Å². The fourth-order valence-electron chi connectivity index (χ4n) is 5.78. The summed E-state index contributed by atoms with van der Waals surface area (Å²) in [6.45, 7) is 6.75. The first-order valence-corrected chi connectivity index (χ1v) is 15.0. The minimum atomic E-state index is -0.430. The Hall–Kier alpha value is -1.18. The molecule has 1 saturated carbocycles. The van der Waals surface area contributed by atoms with Crippen LogP contribution in [-0.2, 0) is 14.3 Å². The summed E-state index contributed by atoms with van der Waals surface area (Å²) in [5.41, 5.74) is 2.07. The van der Waals surface area contributed by atoms with Crippen molar-refractivity contribution in [2.45, 2.75) is 101 Å². The van der Waals surface area contributed by atoms with E-state index in [-0.39, 0.29) is 23.2 Å². The van der Waals surface area contributed by atoms with E-state index < -0.39 is 12.2 Å². The zero-order chi connectivity index (χ0) is 26.5. The molecule has 5 atom stereocenters. The lowest BCUT2D eigenvalue weighted by molar-refractivity contribution is -0.144. The van der Waals surface area contributed by atoms with Crippen LogP contribution in [0.5, 0.6) is 0 Å². The number of rotatable bonds is 16. The number of unbranched alkanes of at least 4 members (excludes halogenated alkanes) is 5. The molecule has 2 fully saturated rings. The molecule has 0 bridgehead atoms. The Morgan fingerprint density at radius 1 is 1.11 bits per heavy atom. The van der Waals surface area contributed by atoms with E-state index in [4.69, 9.17) is 21.1 Å². The predicted molar refractivity (Wildman–Crippen MR) is 148 cm³/mol. The van der Waals surface area contributed by atoms with Crippen LogP contribution >= 0.6 is 11.6 Å². The van der Waals surface area contributed by atoms with Crippen molar-refractivity contribution < 1.29 is 24.5 Å². The molecular weight excluding hydrogens is 490 g/mol. The van der Waals surface area contributed by atoms with E-state index in [0.29, 0.717) is 19.4 Å². The van der Waals surface area contributed by atoms with Crippen LogP contribution in [0.3, 0.4) is 0 Å². The monoisotopic (exact) mass is 537 g/mol. The SMILES string of the molecule is CCCCC[C@H](O)c1ccc(C2C(CCCCCCC(=O)OCCN3CCOCC3)[C@H](Cl)C[C@H]2O)cc1. The fourth-order valence-corrected chi connectivity index (χ4v) is 6.24. The lowest BCUT2D eigenvalue weighted by Crippen LogP contribution is -2.38. The third-order valence-electron chi connectivity index (χ3n) is 8.04. The van der Waals surface area contributed by atoms with E-state index in [1.165, 1.54) is 0 Å². The first kappa shape index (κ1) is 30.4. The van der Waals surface area contributed by atoms with Crippen LogP contribution in [0.1, 0.15) is 101 Å². The Bertz CT molecular complexity index is 770. The third-order valence-corrected chi connectivity index (χ3v) is 8.54. The number of aliphatic hydroxyl groups excluding tert-OH is 2. The minimum Gasteiger partial charge on any atom is -0.464 e. The zero-order valence-electron chi connectivity index (χ0n) is 22.7. The molecular formula is C30H48ClNO5. The summed E-state index contributed by atoms with van der Waals surface area (Å²) in [5, 5.41) is 21.2. The summed E-state index contributed by atoms with van der Waals surface area (Å²) in [5.74, 6) is 0.171. The largest absolute Gasteiger partial charge is 0.464 e. The molecule has 1 aliphatic carbocycles. The maximum atomic E-state index is 12.0. The summed E-state index contributed by atoms with van der Waals surface area (Å²) in [6, 6.07) is 8.16. The van der Waals surface area contributed by atoms with Gasteiger partial charge in [-0.3, -0.25) is 9.69 Å². The van der Waals surface area contributed by atoms with E-state index in [2.05, 4.69) is 24.0 Å². The molecule has 1 aliphatic heterocycles. The molecule has 2 unspecified atom stereocenters. The van der Waals surface area contributed by atoms with E-state index in [0.717, 1.165) is 102 Å². The van der Waals surface area contributed by atoms with Gasteiger partial charge in [0.2, 0.25) is 0 Å². The van der Waals surface area contributed by atoms with Crippen molar-refractivity contribution in [1.82, 2.24) is 4.90 Å². The average Bonchev–Trinajstić information content (AvgIpc) is 3.19. The molecule has 6 nitrogen and oxygen atoms in total. The number of halogens is 1. The van der Waals surface area contributed by atoms with Crippen LogP contribution in [0.2, 0.25) is 0 Å². The maximum Gasteiger partial charge on any atom is 0.305 e. The van der Waals surface area contributed by atoms with Crippen LogP contribution in [0, 0.1) is 5.92 Å². The van der Waals surface area contributed by atoms with Crippen LogP contribution in [0.15, 0.2) is 24.3 Å². The van der Waals surface area contributed by atoms with Gasteiger partial charge in [0.15, 0.2) is 0 Å². The molecule has 7 heteroatoms. The molecule has 210 valence electrons. The molecule has 1 saturated heterocycles. The Morgan fingerprint density at radius 3 is 2.57 bits per heavy atom. The quantitative estimate of drug-likeness (QED) is 0.163. The summed E-state index contributed by atoms with van der Waals surface area (Å²) in [4.78, 5) is 14.3. The van der Waals surface area contributed by atoms with Gasteiger partial charge in [-0.15, -0.1) is 11.6 Å². The first-order valence-electron chi connectivity index (χ1n) is 14.5. The van der Waals surface area contributed by atoms with Crippen molar-refractivity contribution in [2.24, 2.45) is 5.92 Å². The first-order chi connectivity index (χ1) is 18.0. The lowest BCUT2D eigenvalue weighted by atomic mass is 9.83. The highest BCUT2D eigenvalue weighted by Crippen LogP contribution is 2.45. The van der Waals surface area contributed by atoms with Crippen molar-refractivity contribution >= 4 is 17.6 Å². The number of carbonyl (C=O) groups excluding carboxylic acids is 1. The number of alkyl halides is 1. The summed E-state index contributed by atoms with van der Waals surface area (Å²) in [6.07, 6.45) is 9.26. The maximum absolute atomic E-state index is 12.0. The Balaban J connectivity index is 1.34. The van der Waals surface area contributed by atoms with Gasteiger partial charge in [0.1, 0.15) is 6.61 Å². The normalized spacial score (nSPS) is 25.3. The molecule has 2 N–H and O–H groups in total. The number of hydrogen-bond acceptors (Lipinski definition) is 6. The van der Waals surface area contributed by atoms with E-state index >= 15 is 0 Å². The van der Waals surface area contributed by atoms with Gasteiger partial charge in [0.05, 0.1) is 25.4 Å². The minimum absolute atomic E-state index is 0.0271. The highest BCUT2D eigenvalue weighted by atomic mass is 35.5. The summed E-state index contributed by atoms with van der Waals surface area (Å²) < 4.78 is 10.7. The van der Waals surface area contributed by atoms with Gasteiger partial charge in [-0.25, -0.2) is 0 Å². The predicted octanol–water partition coefficient (Wildman–Crippen LogP) is 5.59. The average molecular weight is 538 g/mol. The number of nitrogens with zero attached hydrogens (tertiary/aromatic N) is 1. The van der Waals surface area contributed by atoms with Gasteiger partial charge in [-0.1, -0.05) is 69.7 Å². The van der Waals surface area contributed by atoms with E-state index in [1.807, 2.05) is 12.1 Å². The number of ether oxygens (including phenoxy) is 2. The highest BCUT2D eigenvalue weighted by Gasteiger charge is 2.41. The fraction of sp³-hybridized carbons (Fsp3) is 0.767. The highest BCUT2D eigenvalue weighted by molar-refractivity contribution is 6.21. The third kappa shape index (κ3) is 10.1. The van der Waals surface area contributed by atoms with Gasteiger partial charge in [0, 0.05) is 37.4 Å². The standard InChI is InChI=1S/C30H48ClNO5/c1-2-3-6-10-27(33)23-12-14-24(15-13-23)30-25(26(31)22-28(30)34)9-7-4-5-8-11-29(35)37-21-18-32-16-19-36-20-17-32/h12-15,25-28,30,33-34H,2-11,16-22H2,1H3/t25?,26-,27+,28-,30?/m1/s1. The van der Waals surface area contributed by atoms with Crippen molar-refractivity contribution in [3.63, 3.8) is 0 Å². The molecule has 2 aliphatic rings. The molecule has 37 heavy (non-hydrogen) atoms. The van der Waals surface area contributed by atoms with Crippen molar-refractivity contribution in [1.29, 1.82) is 0 Å². The van der Waals surface area contributed by atoms with E-state index in [9.17, 15) is 15.0 Å². The van der Waals surface area contributed by atoms with Crippen LogP contribution in [-0.4, -0.2) is 72.0 Å². The zero-order valence-corrected chi connectivity index (χ0v) is 23.4.